The first kappa shape index (κ1) is 19.0. The number of hydrogen-bond donors (Lipinski definition) is 0. The molecule has 0 amide bonds. The molecule has 0 bridgehead atoms. The SMILES string of the molecule is Cc1ccc(OCc2nc(CSc3nc4ccccc4c4nc(C)nn34)cs2)cc1. The molecule has 0 aliphatic heterocycles. The van der Waals surface area contributed by atoms with Crippen molar-refractivity contribution in [3.05, 3.63) is 76.0 Å². The van der Waals surface area contributed by atoms with Gasteiger partial charge in [0.05, 0.1) is 11.2 Å². The van der Waals surface area contributed by atoms with Crippen LogP contribution >= 0.6 is 23.1 Å². The fraction of sp³-hybridized carbons (Fsp3) is 0.182. The van der Waals surface area contributed by atoms with E-state index in [9.17, 15) is 0 Å². The Bertz CT molecular complexity index is 1330. The van der Waals surface area contributed by atoms with E-state index in [4.69, 9.17) is 14.7 Å². The minimum Gasteiger partial charge on any atom is -0.486 e. The lowest BCUT2D eigenvalue weighted by atomic mass is 10.2. The van der Waals surface area contributed by atoms with Gasteiger partial charge in [-0.1, -0.05) is 41.6 Å². The summed E-state index contributed by atoms with van der Waals surface area (Å²) >= 11 is 3.23. The molecule has 150 valence electrons. The highest BCUT2D eigenvalue weighted by Gasteiger charge is 2.13. The van der Waals surface area contributed by atoms with Gasteiger partial charge in [-0.2, -0.15) is 4.52 Å². The van der Waals surface area contributed by atoms with Gasteiger partial charge in [-0.3, -0.25) is 0 Å². The van der Waals surface area contributed by atoms with Gasteiger partial charge < -0.3 is 4.74 Å². The van der Waals surface area contributed by atoms with Gasteiger partial charge in [0.25, 0.3) is 0 Å². The average Bonchev–Trinajstić information content (AvgIpc) is 3.38. The topological polar surface area (TPSA) is 65.2 Å². The molecular formula is C22H19N5OS2. The molecule has 8 heteroatoms. The minimum absolute atomic E-state index is 0.471. The molecule has 0 radical (unpaired) electrons. The summed E-state index contributed by atoms with van der Waals surface area (Å²) in [5, 5.41) is 9.39. The van der Waals surface area contributed by atoms with Crippen molar-refractivity contribution in [3.63, 3.8) is 0 Å². The maximum atomic E-state index is 5.84. The number of hydrogen-bond acceptors (Lipinski definition) is 7. The minimum atomic E-state index is 0.471. The quantitative estimate of drug-likeness (QED) is 0.270. The molecule has 2 aromatic carbocycles. The molecule has 0 N–H and O–H groups in total. The van der Waals surface area contributed by atoms with Crippen LogP contribution < -0.4 is 4.74 Å². The van der Waals surface area contributed by atoms with E-state index in [1.807, 2.05) is 60.0 Å². The van der Waals surface area contributed by atoms with Crippen LogP contribution in [0.4, 0.5) is 0 Å². The molecule has 0 saturated heterocycles. The number of rotatable bonds is 6. The number of thiazole rings is 1. The summed E-state index contributed by atoms with van der Waals surface area (Å²) in [7, 11) is 0. The zero-order chi connectivity index (χ0) is 20.5. The van der Waals surface area contributed by atoms with Gasteiger partial charge in [0, 0.05) is 16.5 Å². The van der Waals surface area contributed by atoms with Crippen LogP contribution in [-0.4, -0.2) is 24.6 Å². The predicted octanol–water partition coefficient (Wildman–Crippen LogP) is 5.22. The smallest absolute Gasteiger partial charge is 0.191 e. The lowest BCUT2D eigenvalue weighted by Gasteiger charge is -2.05. The van der Waals surface area contributed by atoms with Gasteiger partial charge in [0.15, 0.2) is 10.8 Å². The maximum absolute atomic E-state index is 5.84. The third-order valence-corrected chi connectivity index (χ3v) is 6.42. The Kier molecular flexibility index (Phi) is 5.10. The number of aryl methyl sites for hydroxylation is 2. The Morgan fingerprint density at radius 1 is 1.00 bits per heavy atom. The van der Waals surface area contributed by atoms with Gasteiger partial charge in [-0.15, -0.1) is 16.4 Å². The normalized spacial score (nSPS) is 11.4. The van der Waals surface area contributed by atoms with E-state index >= 15 is 0 Å². The molecule has 30 heavy (non-hydrogen) atoms. The van der Waals surface area contributed by atoms with Gasteiger partial charge in [0.1, 0.15) is 23.2 Å². The van der Waals surface area contributed by atoms with Gasteiger partial charge in [0.2, 0.25) is 0 Å². The molecule has 0 unspecified atom stereocenters. The Morgan fingerprint density at radius 3 is 2.70 bits per heavy atom. The summed E-state index contributed by atoms with van der Waals surface area (Å²) in [4.78, 5) is 14.1. The van der Waals surface area contributed by atoms with Crippen molar-refractivity contribution in [2.45, 2.75) is 31.4 Å². The zero-order valence-electron chi connectivity index (χ0n) is 16.6. The lowest BCUT2D eigenvalue weighted by molar-refractivity contribution is 0.305. The molecular weight excluding hydrogens is 414 g/mol. The van der Waals surface area contributed by atoms with Crippen LogP contribution in [0.15, 0.2) is 59.1 Å². The number of thioether (sulfide) groups is 1. The fourth-order valence-corrected chi connectivity index (χ4v) is 4.77. The van der Waals surface area contributed by atoms with E-state index < -0.39 is 0 Å². The number of benzene rings is 2. The Morgan fingerprint density at radius 2 is 1.83 bits per heavy atom. The van der Waals surface area contributed by atoms with Gasteiger partial charge in [-0.05, 0) is 38.1 Å². The van der Waals surface area contributed by atoms with Gasteiger partial charge >= 0.3 is 0 Å². The molecule has 0 saturated carbocycles. The highest BCUT2D eigenvalue weighted by Crippen LogP contribution is 2.27. The first-order chi connectivity index (χ1) is 14.7. The van der Waals surface area contributed by atoms with Crippen molar-refractivity contribution in [1.82, 2.24) is 24.6 Å². The van der Waals surface area contributed by atoms with Crippen molar-refractivity contribution in [1.29, 1.82) is 0 Å². The van der Waals surface area contributed by atoms with Crippen molar-refractivity contribution >= 4 is 39.6 Å². The molecule has 0 aliphatic carbocycles. The van der Waals surface area contributed by atoms with Crippen LogP contribution in [0, 0.1) is 13.8 Å². The first-order valence-corrected chi connectivity index (χ1v) is 11.4. The summed E-state index contributed by atoms with van der Waals surface area (Å²) in [6.07, 6.45) is 0. The number of ether oxygens (including phenoxy) is 1. The van der Waals surface area contributed by atoms with E-state index in [2.05, 4.69) is 22.4 Å². The molecule has 6 nitrogen and oxygen atoms in total. The molecule has 3 aromatic heterocycles. The van der Waals surface area contributed by atoms with Gasteiger partial charge in [-0.25, -0.2) is 15.0 Å². The second-order valence-electron chi connectivity index (χ2n) is 6.93. The average molecular weight is 434 g/mol. The summed E-state index contributed by atoms with van der Waals surface area (Å²) in [5.74, 6) is 2.30. The Balaban J connectivity index is 1.31. The second-order valence-corrected chi connectivity index (χ2v) is 8.81. The van der Waals surface area contributed by atoms with Crippen molar-refractivity contribution in [3.8, 4) is 5.75 Å². The molecule has 0 aliphatic rings. The highest BCUT2D eigenvalue weighted by molar-refractivity contribution is 7.98. The third-order valence-electron chi connectivity index (χ3n) is 4.59. The fourth-order valence-electron chi connectivity index (χ4n) is 3.13. The summed E-state index contributed by atoms with van der Waals surface area (Å²) in [6.45, 7) is 4.43. The first-order valence-electron chi connectivity index (χ1n) is 9.53. The number of para-hydroxylation sites is 1. The summed E-state index contributed by atoms with van der Waals surface area (Å²) < 4.78 is 7.67. The largest absolute Gasteiger partial charge is 0.486 e. The standard InChI is InChI=1S/C22H19N5OS2/c1-14-7-9-17(10-8-14)28-11-20-24-16(12-29-20)13-30-22-25-19-6-4-3-5-18(19)21-23-15(2)26-27(21)22/h3-10,12H,11,13H2,1-2H3. The zero-order valence-corrected chi connectivity index (χ0v) is 18.2. The summed E-state index contributed by atoms with van der Waals surface area (Å²) in [5.41, 5.74) is 3.98. The van der Waals surface area contributed by atoms with E-state index in [-0.39, 0.29) is 0 Å². The van der Waals surface area contributed by atoms with Crippen LogP contribution in [0.1, 0.15) is 22.1 Å². The van der Waals surface area contributed by atoms with Crippen LogP contribution in [0.25, 0.3) is 16.6 Å². The number of nitrogens with zero attached hydrogens (tertiary/aromatic N) is 5. The van der Waals surface area contributed by atoms with Crippen LogP contribution in [-0.2, 0) is 12.4 Å². The van der Waals surface area contributed by atoms with Crippen molar-refractivity contribution in [2.75, 3.05) is 0 Å². The number of fused-ring (bicyclic) bond motifs is 3. The molecule has 0 fully saturated rings. The summed E-state index contributed by atoms with van der Waals surface area (Å²) in [6, 6.07) is 16.1. The van der Waals surface area contributed by atoms with Crippen molar-refractivity contribution < 1.29 is 4.74 Å². The molecule has 5 aromatic rings. The molecule has 0 spiro atoms. The maximum Gasteiger partial charge on any atom is 0.191 e. The second kappa shape index (κ2) is 8.04. The lowest BCUT2D eigenvalue weighted by Crippen LogP contribution is -1.99. The van der Waals surface area contributed by atoms with E-state index in [0.29, 0.717) is 12.4 Å². The monoisotopic (exact) mass is 433 g/mol. The molecule has 0 atom stereocenters. The van der Waals surface area contributed by atoms with Crippen LogP contribution in [0.2, 0.25) is 0 Å². The van der Waals surface area contributed by atoms with E-state index in [1.54, 1.807) is 23.1 Å². The predicted molar refractivity (Wildman–Crippen MR) is 120 cm³/mol. The van der Waals surface area contributed by atoms with Crippen LogP contribution in [0.3, 0.4) is 0 Å². The van der Waals surface area contributed by atoms with E-state index in [0.717, 1.165) is 44.0 Å². The molecule has 3 heterocycles. The number of aromatic nitrogens is 5. The Hall–Kier alpha value is -2.97. The van der Waals surface area contributed by atoms with Crippen LogP contribution in [0.5, 0.6) is 5.75 Å². The van der Waals surface area contributed by atoms with E-state index in [1.165, 1.54) is 5.56 Å². The Labute approximate surface area is 182 Å². The van der Waals surface area contributed by atoms with Crippen molar-refractivity contribution in [2.24, 2.45) is 0 Å². The third kappa shape index (κ3) is 3.88. The molecule has 5 rings (SSSR count). The highest BCUT2D eigenvalue weighted by atomic mass is 32.2.